The Hall–Kier alpha value is -2.25. The first-order valence-corrected chi connectivity index (χ1v) is 10.5. The van der Waals surface area contributed by atoms with Crippen molar-refractivity contribution in [3.63, 3.8) is 0 Å². The van der Waals surface area contributed by atoms with Gasteiger partial charge in [-0.15, -0.1) is 0 Å². The predicted molar refractivity (Wildman–Crippen MR) is 101 cm³/mol. The molecule has 0 radical (unpaired) electrons. The van der Waals surface area contributed by atoms with Crippen molar-refractivity contribution in [2.45, 2.75) is 43.7 Å². The molecule has 1 fully saturated rings. The van der Waals surface area contributed by atoms with Crippen molar-refractivity contribution in [1.29, 1.82) is 0 Å². The number of carbonyl (C=O) groups excluding carboxylic acids is 1. The third kappa shape index (κ3) is 4.36. The van der Waals surface area contributed by atoms with Crippen LogP contribution in [-0.2, 0) is 16.6 Å². The van der Waals surface area contributed by atoms with Crippen molar-refractivity contribution in [1.82, 2.24) is 9.62 Å². The Bertz CT molecular complexity index is 913. The fraction of sp³-hybridized carbons (Fsp3) is 0.350. The summed E-state index contributed by atoms with van der Waals surface area (Å²) in [4.78, 5) is 12.4. The average molecular weight is 390 g/mol. The molecule has 1 N–H and O–H groups in total. The van der Waals surface area contributed by atoms with Gasteiger partial charge in [0, 0.05) is 30.3 Å². The maximum absolute atomic E-state index is 13.6. The monoisotopic (exact) mass is 390 g/mol. The van der Waals surface area contributed by atoms with E-state index >= 15 is 0 Å². The van der Waals surface area contributed by atoms with E-state index in [-0.39, 0.29) is 29.2 Å². The molecule has 1 heterocycles. The summed E-state index contributed by atoms with van der Waals surface area (Å²) in [5.41, 5.74) is 0.723. The van der Waals surface area contributed by atoms with Crippen LogP contribution in [0.2, 0.25) is 0 Å². The molecule has 27 heavy (non-hydrogen) atoms. The fourth-order valence-electron chi connectivity index (χ4n) is 3.26. The first-order valence-electron chi connectivity index (χ1n) is 9.03. The van der Waals surface area contributed by atoms with Gasteiger partial charge in [0.25, 0.3) is 5.91 Å². The fourth-order valence-corrected chi connectivity index (χ4v) is 4.96. The van der Waals surface area contributed by atoms with Gasteiger partial charge in [0.2, 0.25) is 10.0 Å². The first kappa shape index (κ1) is 19.5. The number of hydrogen-bond acceptors (Lipinski definition) is 3. The highest BCUT2D eigenvalue weighted by Crippen LogP contribution is 2.25. The Morgan fingerprint density at radius 1 is 1.15 bits per heavy atom. The topological polar surface area (TPSA) is 66.5 Å². The summed E-state index contributed by atoms with van der Waals surface area (Å²) in [6.07, 6.45) is 2.75. The lowest BCUT2D eigenvalue weighted by atomic mass is 10.1. The molecule has 0 spiro atoms. The summed E-state index contributed by atoms with van der Waals surface area (Å²) in [6.45, 7) is 2.51. The number of piperidine rings is 1. The van der Waals surface area contributed by atoms with E-state index in [9.17, 15) is 17.6 Å². The maximum Gasteiger partial charge on any atom is 0.251 e. The molecule has 1 atom stereocenters. The minimum atomic E-state index is -3.56. The molecule has 1 amide bonds. The van der Waals surface area contributed by atoms with Crippen LogP contribution in [0.25, 0.3) is 0 Å². The second-order valence-corrected chi connectivity index (χ2v) is 8.65. The summed E-state index contributed by atoms with van der Waals surface area (Å²) in [5, 5.41) is 2.65. The second-order valence-electron chi connectivity index (χ2n) is 6.76. The van der Waals surface area contributed by atoms with Crippen molar-refractivity contribution >= 4 is 15.9 Å². The van der Waals surface area contributed by atoms with E-state index in [1.807, 2.05) is 6.92 Å². The molecule has 144 valence electrons. The summed E-state index contributed by atoms with van der Waals surface area (Å²) >= 11 is 0. The molecule has 0 aromatic heterocycles. The molecule has 1 unspecified atom stereocenters. The van der Waals surface area contributed by atoms with Crippen LogP contribution in [0.1, 0.15) is 42.1 Å². The van der Waals surface area contributed by atoms with Crippen LogP contribution in [0, 0.1) is 5.82 Å². The Kier molecular flexibility index (Phi) is 5.92. The van der Waals surface area contributed by atoms with Gasteiger partial charge in [-0.3, -0.25) is 4.79 Å². The number of sulfonamides is 1. The first-order chi connectivity index (χ1) is 12.9. The molecule has 7 heteroatoms. The molecule has 2 aromatic rings. The minimum absolute atomic E-state index is 0.0208. The van der Waals surface area contributed by atoms with Gasteiger partial charge in [-0.05, 0) is 50.1 Å². The van der Waals surface area contributed by atoms with E-state index in [1.165, 1.54) is 34.6 Å². The molecule has 3 rings (SSSR count). The predicted octanol–water partition coefficient (Wildman–Crippen LogP) is 3.32. The van der Waals surface area contributed by atoms with Crippen LogP contribution in [0.3, 0.4) is 0 Å². The highest BCUT2D eigenvalue weighted by Gasteiger charge is 2.30. The van der Waals surface area contributed by atoms with Crippen LogP contribution in [-0.4, -0.2) is 31.2 Å². The molecule has 1 aliphatic rings. The lowest BCUT2D eigenvalue weighted by molar-refractivity contribution is 0.0950. The van der Waals surface area contributed by atoms with Crippen molar-refractivity contribution < 1.29 is 17.6 Å². The summed E-state index contributed by atoms with van der Waals surface area (Å²) in [6, 6.07) is 12.1. The Balaban J connectivity index is 1.69. The van der Waals surface area contributed by atoms with E-state index in [1.54, 1.807) is 18.2 Å². The van der Waals surface area contributed by atoms with Gasteiger partial charge in [-0.25, -0.2) is 12.8 Å². The van der Waals surface area contributed by atoms with Crippen LogP contribution >= 0.6 is 0 Å². The highest BCUT2D eigenvalue weighted by atomic mass is 32.2. The number of nitrogens with one attached hydrogen (secondary N) is 1. The van der Waals surface area contributed by atoms with Gasteiger partial charge < -0.3 is 5.32 Å². The third-order valence-electron chi connectivity index (χ3n) is 4.86. The van der Waals surface area contributed by atoms with E-state index in [0.29, 0.717) is 17.7 Å². The average Bonchev–Trinajstić information content (AvgIpc) is 2.67. The second kappa shape index (κ2) is 8.19. The molecule has 1 saturated heterocycles. The van der Waals surface area contributed by atoms with Crippen LogP contribution in [0.15, 0.2) is 53.4 Å². The molecular formula is C20H23FN2O3S. The quantitative estimate of drug-likeness (QED) is 0.852. The molecule has 2 aromatic carbocycles. The van der Waals surface area contributed by atoms with E-state index in [2.05, 4.69) is 5.32 Å². The number of nitrogens with zero attached hydrogens (tertiary/aromatic N) is 1. The molecule has 0 aliphatic carbocycles. The SMILES string of the molecule is CC1CCCCN1S(=O)(=O)c1ccc(C(=O)NCc2ccccc2F)cc1. The standard InChI is InChI=1S/C20H23FN2O3S/c1-15-6-4-5-13-23(15)27(25,26)18-11-9-16(10-12-18)20(24)22-14-17-7-2-3-8-19(17)21/h2-3,7-12,15H,4-6,13-14H2,1H3,(H,22,24). The van der Waals surface area contributed by atoms with Crippen LogP contribution in [0.4, 0.5) is 4.39 Å². The molecule has 0 bridgehead atoms. The Morgan fingerprint density at radius 3 is 2.52 bits per heavy atom. The van der Waals surface area contributed by atoms with Crippen molar-refractivity contribution in [3.05, 3.63) is 65.5 Å². The number of rotatable bonds is 5. The van der Waals surface area contributed by atoms with Gasteiger partial charge in [0.05, 0.1) is 4.90 Å². The normalized spacial score (nSPS) is 18.2. The van der Waals surface area contributed by atoms with Crippen molar-refractivity contribution in [3.8, 4) is 0 Å². The van der Waals surface area contributed by atoms with Crippen molar-refractivity contribution in [2.24, 2.45) is 0 Å². The van der Waals surface area contributed by atoms with Gasteiger partial charge in [-0.1, -0.05) is 24.6 Å². The number of amides is 1. The number of hydrogen-bond donors (Lipinski definition) is 1. The minimum Gasteiger partial charge on any atom is -0.348 e. The van der Waals surface area contributed by atoms with Gasteiger partial charge >= 0.3 is 0 Å². The maximum atomic E-state index is 13.6. The van der Waals surface area contributed by atoms with Crippen LogP contribution < -0.4 is 5.32 Å². The molecular weight excluding hydrogens is 367 g/mol. The zero-order valence-corrected chi connectivity index (χ0v) is 16.0. The Morgan fingerprint density at radius 2 is 1.85 bits per heavy atom. The number of carbonyl (C=O) groups is 1. The number of benzene rings is 2. The van der Waals surface area contributed by atoms with Gasteiger partial charge in [0.1, 0.15) is 5.82 Å². The van der Waals surface area contributed by atoms with Crippen molar-refractivity contribution in [2.75, 3.05) is 6.54 Å². The van der Waals surface area contributed by atoms with E-state index in [4.69, 9.17) is 0 Å². The zero-order chi connectivity index (χ0) is 19.4. The zero-order valence-electron chi connectivity index (χ0n) is 15.2. The smallest absolute Gasteiger partial charge is 0.251 e. The lowest BCUT2D eigenvalue weighted by Gasteiger charge is -2.32. The summed E-state index contributed by atoms with van der Waals surface area (Å²) in [7, 11) is -3.56. The highest BCUT2D eigenvalue weighted by molar-refractivity contribution is 7.89. The Labute approximate surface area is 159 Å². The van der Waals surface area contributed by atoms with Gasteiger partial charge in [0.15, 0.2) is 0 Å². The molecule has 0 saturated carbocycles. The largest absolute Gasteiger partial charge is 0.348 e. The summed E-state index contributed by atoms with van der Waals surface area (Å²) in [5.74, 6) is -0.761. The van der Waals surface area contributed by atoms with E-state index < -0.39 is 10.0 Å². The summed E-state index contributed by atoms with van der Waals surface area (Å²) < 4.78 is 40.8. The van der Waals surface area contributed by atoms with Crippen LogP contribution in [0.5, 0.6) is 0 Å². The molecule has 1 aliphatic heterocycles. The number of halogens is 1. The van der Waals surface area contributed by atoms with E-state index in [0.717, 1.165) is 19.3 Å². The van der Waals surface area contributed by atoms with Gasteiger partial charge in [-0.2, -0.15) is 4.31 Å². The third-order valence-corrected chi connectivity index (χ3v) is 6.89. The molecule has 5 nitrogen and oxygen atoms in total. The lowest BCUT2D eigenvalue weighted by Crippen LogP contribution is -2.41.